The van der Waals surface area contributed by atoms with E-state index >= 15 is 0 Å². The number of likely N-dealkylation sites (tertiary alicyclic amines) is 1. The van der Waals surface area contributed by atoms with Crippen LogP contribution in [0, 0.1) is 0 Å². The van der Waals surface area contributed by atoms with Crippen LogP contribution in [0.2, 0.25) is 0 Å². The molecule has 6 heteroatoms. The van der Waals surface area contributed by atoms with Gasteiger partial charge in [-0.3, -0.25) is 9.89 Å². The summed E-state index contributed by atoms with van der Waals surface area (Å²) in [6, 6.07) is 22.2. The maximum Gasteiger partial charge on any atom is 0.191 e. The van der Waals surface area contributed by atoms with Crippen molar-refractivity contribution in [1.29, 1.82) is 0 Å². The molecule has 0 bridgehead atoms. The number of imidazole rings is 1. The van der Waals surface area contributed by atoms with Crippen LogP contribution in [0.25, 0.3) is 0 Å². The zero-order valence-electron chi connectivity index (χ0n) is 19.1. The number of hydrogen-bond donors (Lipinski definition) is 2. The van der Waals surface area contributed by atoms with Crippen LogP contribution in [0.1, 0.15) is 36.7 Å². The third-order valence-electron chi connectivity index (χ3n) is 6.22. The van der Waals surface area contributed by atoms with Gasteiger partial charge in [0.15, 0.2) is 5.96 Å². The van der Waals surface area contributed by atoms with Crippen molar-refractivity contribution in [3.63, 3.8) is 0 Å². The van der Waals surface area contributed by atoms with Gasteiger partial charge in [0.1, 0.15) is 5.82 Å². The second-order valence-electron chi connectivity index (χ2n) is 8.55. The molecule has 1 fully saturated rings. The van der Waals surface area contributed by atoms with Gasteiger partial charge in [-0.15, -0.1) is 0 Å². The zero-order chi connectivity index (χ0) is 22.2. The smallest absolute Gasteiger partial charge is 0.191 e. The topological polar surface area (TPSA) is 57.5 Å². The predicted octanol–water partition coefficient (Wildman–Crippen LogP) is 3.65. The van der Waals surface area contributed by atoms with Crippen LogP contribution in [0.3, 0.4) is 0 Å². The average molecular weight is 431 g/mol. The van der Waals surface area contributed by atoms with E-state index < -0.39 is 0 Å². The second-order valence-corrected chi connectivity index (χ2v) is 8.55. The Kier molecular flexibility index (Phi) is 7.56. The lowest BCUT2D eigenvalue weighted by Gasteiger charge is -2.38. The number of aliphatic imine (C=N–C) groups is 1. The van der Waals surface area contributed by atoms with Crippen molar-refractivity contribution >= 4 is 5.96 Å². The summed E-state index contributed by atoms with van der Waals surface area (Å²) in [5.74, 6) is 1.84. The fourth-order valence-electron chi connectivity index (χ4n) is 4.39. The van der Waals surface area contributed by atoms with Crippen LogP contribution in [0.15, 0.2) is 78.0 Å². The van der Waals surface area contributed by atoms with Crippen molar-refractivity contribution < 1.29 is 0 Å². The molecule has 2 aromatic carbocycles. The molecule has 0 amide bonds. The number of guanidine groups is 1. The molecule has 1 aromatic heterocycles. The highest BCUT2D eigenvalue weighted by Crippen LogP contribution is 2.20. The summed E-state index contributed by atoms with van der Waals surface area (Å²) in [5.41, 5.74) is 2.65. The quantitative estimate of drug-likeness (QED) is 0.444. The minimum absolute atomic E-state index is 0.423. The SMILES string of the molecule is CN=C(NCc1nccn1Cc1ccccc1)NC1CCN(Cc2ccccc2)C(C)C1. The minimum atomic E-state index is 0.423. The highest BCUT2D eigenvalue weighted by molar-refractivity contribution is 5.79. The number of piperidine rings is 1. The molecule has 2 atom stereocenters. The van der Waals surface area contributed by atoms with Gasteiger partial charge in [-0.1, -0.05) is 60.7 Å². The lowest BCUT2D eigenvalue weighted by Crippen LogP contribution is -2.51. The van der Waals surface area contributed by atoms with E-state index in [0.29, 0.717) is 18.6 Å². The van der Waals surface area contributed by atoms with E-state index in [4.69, 9.17) is 0 Å². The molecule has 0 radical (unpaired) electrons. The van der Waals surface area contributed by atoms with Gasteiger partial charge in [-0.05, 0) is 30.9 Å². The van der Waals surface area contributed by atoms with Crippen molar-refractivity contribution in [3.05, 3.63) is 90.0 Å². The lowest BCUT2D eigenvalue weighted by atomic mass is 9.97. The summed E-state index contributed by atoms with van der Waals surface area (Å²) >= 11 is 0. The Hall–Kier alpha value is -3.12. The Labute approximate surface area is 191 Å². The van der Waals surface area contributed by atoms with Crippen molar-refractivity contribution in [2.75, 3.05) is 13.6 Å². The molecule has 0 saturated carbocycles. The molecular weight excluding hydrogens is 396 g/mol. The Morgan fingerprint density at radius 2 is 1.72 bits per heavy atom. The average Bonchev–Trinajstić information content (AvgIpc) is 3.26. The van der Waals surface area contributed by atoms with E-state index in [1.165, 1.54) is 11.1 Å². The monoisotopic (exact) mass is 430 g/mol. The third kappa shape index (κ3) is 5.98. The molecule has 0 spiro atoms. The Balaban J connectivity index is 1.27. The van der Waals surface area contributed by atoms with E-state index in [2.05, 4.69) is 91.6 Å². The maximum absolute atomic E-state index is 4.54. The molecule has 32 heavy (non-hydrogen) atoms. The number of nitrogens with one attached hydrogen (secondary N) is 2. The largest absolute Gasteiger partial charge is 0.354 e. The number of nitrogens with zero attached hydrogens (tertiary/aromatic N) is 4. The molecule has 2 heterocycles. The zero-order valence-corrected chi connectivity index (χ0v) is 19.1. The lowest BCUT2D eigenvalue weighted by molar-refractivity contribution is 0.134. The van der Waals surface area contributed by atoms with Crippen LogP contribution in [0.5, 0.6) is 0 Å². The predicted molar refractivity (Wildman–Crippen MR) is 130 cm³/mol. The molecule has 4 rings (SSSR count). The number of aromatic nitrogens is 2. The van der Waals surface area contributed by atoms with Gasteiger partial charge in [0, 0.05) is 51.2 Å². The van der Waals surface area contributed by atoms with Gasteiger partial charge >= 0.3 is 0 Å². The standard InChI is InChI=1S/C26H34N6/c1-21-17-24(13-15-31(21)19-22-9-5-3-6-10-22)30-26(27-2)29-18-25-28-14-16-32(25)20-23-11-7-4-8-12-23/h3-12,14,16,21,24H,13,15,17-20H2,1-2H3,(H2,27,29,30). The third-order valence-corrected chi connectivity index (χ3v) is 6.22. The van der Waals surface area contributed by atoms with Crippen LogP contribution in [-0.4, -0.2) is 46.1 Å². The Morgan fingerprint density at radius 3 is 2.38 bits per heavy atom. The molecule has 1 aliphatic rings. The molecule has 0 aliphatic carbocycles. The molecule has 2 N–H and O–H groups in total. The normalized spacial score (nSPS) is 19.6. The van der Waals surface area contributed by atoms with Gasteiger partial charge in [0.25, 0.3) is 0 Å². The minimum Gasteiger partial charge on any atom is -0.354 e. The summed E-state index contributed by atoms with van der Waals surface area (Å²) in [7, 11) is 1.83. The molecule has 1 saturated heterocycles. The van der Waals surface area contributed by atoms with Crippen LogP contribution >= 0.6 is 0 Å². The first-order valence-corrected chi connectivity index (χ1v) is 11.5. The first-order chi connectivity index (χ1) is 15.7. The number of hydrogen-bond acceptors (Lipinski definition) is 3. The van der Waals surface area contributed by atoms with Crippen LogP contribution in [0.4, 0.5) is 0 Å². The van der Waals surface area contributed by atoms with E-state index in [1.54, 1.807) is 0 Å². The van der Waals surface area contributed by atoms with E-state index in [0.717, 1.165) is 44.3 Å². The molecule has 3 aromatic rings. The number of benzene rings is 2. The van der Waals surface area contributed by atoms with Gasteiger partial charge in [-0.25, -0.2) is 4.98 Å². The maximum atomic E-state index is 4.54. The fourth-order valence-corrected chi connectivity index (χ4v) is 4.39. The molecule has 6 nitrogen and oxygen atoms in total. The number of rotatable bonds is 7. The molecule has 1 aliphatic heterocycles. The van der Waals surface area contributed by atoms with E-state index in [-0.39, 0.29) is 0 Å². The van der Waals surface area contributed by atoms with Crippen molar-refractivity contribution in [2.24, 2.45) is 4.99 Å². The van der Waals surface area contributed by atoms with Gasteiger partial charge in [0.2, 0.25) is 0 Å². The first-order valence-electron chi connectivity index (χ1n) is 11.5. The molecular formula is C26H34N6. The summed E-state index contributed by atoms with van der Waals surface area (Å²) in [6.45, 7) is 5.90. The van der Waals surface area contributed by atoms with Crippen LogP contribution < -0.4 is 10.6 Å². The van der Waals surface area contributed by atoms with Gasteiger partial charge in [0.05, 0.1) is 6.54 Å². The summed E-state index contributed by atoms with van der Waals surface area (Å²) in [4.78, 5) is 11.6. The summed E-state index contributed by atoms with van der Waals surface area (Å²) < 4.78 is 2.18. The summed E-state index contributed by atoms with van der Waals surface area (Å²) in [6.07, 6.45) is 6.11. The van der Waals surface area contributed by atoms with E-state index in [1.807, 2.05) is 25.5 Å². The second kappa shape index (κ2) is 11.0. The fraction of sp³-hybridized carbons (Fsp3) is 0.385. The van der Waals surface area contributed by atoms with E-state index in [9.17, 15) is 0 Å². The van der Waals surface area contributed by atoms with Crippen LogP contribution in [-0.2, 0) is 19.6 Å². The highest BCUT2D eigenvalue weighted by Gasteiger charge is 2.26. The Bertz CT molecular complexity index is 982. The van der Waals surface area contributed by atoms with Crippen molar-refractivity contribution in [1.82, 2.24) is 25.1 Å². The molecule has 168 valence electrons. The first kappa shape index (κ1) is 22.1. The Morgan fingerprint density at radius 1 is 1.03 bits per heavy atom. The van der Waals surface area contributed by atoms with Gasteiger partial charge < -0.3 is 15.2 Å². The summed E-state index contributed by atoms with van der Waals surface area (Å²) in [5, 5.41) is 7.08. The van der Waals surface area contributed by atoms with Gasteiger partial charge in [-0.2, -0.15) is 0 Å². The van der Waals surface area contributed by atoms with Crippen molar-refractivity contribution in [2.45, 2.75) is 51.5 Å². The highest BCUT2D eigenvalue weighted by atomic mass is 15.2. The van der Waals surface area contributed by atoms with Crippen molar-refractivity contribution in [3.8, 4) is 0 Å². The molecule has 2 unspecified atom stereocenters.